The molecule has 0 spiro atoms. The van der Waals surface area contributed by atoms with E-state index < -0.39 is 0 Å². The maximum Gasteiger partial charge on any atom is 0.251 e. The first-order valence-electron chi connectivity index (χ1n) is 5.95. The smallest absolute Gasteiger partial charge is 0.251 e. The van der Waals surface area contributed by atoms with Gasteiger partial charge in [-0.2, -0.15) is 0 Å². The fourth-order valence-electron chi connectivity index (χ4n) is 1.50. The van der Waals surface area contributed by atoms with Gasteiger partial charge in [0.25, 0.3) is 5.91 Å². The molecule has 2 N–H and O–H groups in total. The molecule has 3 nitrogen and oxygen atoms in total. The van der Waals surface area contributed by atoms with Crippen molar-refractivity contribution in [2.75, 3.05) is 13.2 Å². The van der Waals surface area contributed by atoms with Gasteiger partial charge in [-0.1, -0.05) is 32.9 Å². The molecule has 94 valence electrons. The van der Waals surface area contributed by atoms with Gasteiger partial charge in [-0.25, -0.2) is 0 Å². The lowest BCUT2D eigenvalue weighted by atomic mass is 9.87. The zero-order chi connectivity index (χ0) is 12.9. The van der Waals surface area contributed by atoms with E-state index in [9.17, 15) is 4.79 Å². The fraction of sp³-hybridized carbons (Fsp3) is 0.500. The third kappa shape index (κ3) is 4.19. The van der Waals surface area contributed by atoms with Crippen molar-refractivity contribution < 1.29 is 9.90 Å². The van der Waals surface area contributed by atoms with Crippen molar-refractivity contribution in [2.45, 2.75) is 32.6 Å². The number of hydrogen-bond acceptors (Lipinski definition) is 2. The third-order valence-corrected chi connectivity index (χ3v) is 2.63. The molecule has 1 amide bonds. The zero-order valence-electron chi connectivity index (χ0n) is 10.8. The van der Waals surface area contributed by atoms with Crippen LogP contribution in [0.2, 0.25) is 0 Å². The van der Waals surface area contributed by atoms with Crippen LogP contribution in [0.5, 0.6) is 0 Å². The Morgan fingerprint density at radius 2 is 1.82 bits per heavy atom. The van der Waals surface area contributed by atoms with Crippen LogP contribution in [0.15, 0.2) is 24.3 Å². The van der Waals surface area contributed by atoms with Crippen molar-refractivity contribution in [1.29, 1.82) is 0 Å². The van der Waals surface area contributed by atoms with Crippen molar-refractivity contribution >= 4 is 5.91 Å². The molecule has 1 aromatic rings. The lowest BCUT2D eigenvalue weighted by Gasteiger charge is -2.19. The number of carbonyl (C=O) groups excluding carboxylic acids is 1. The first-order chi connectivity index (χ1) is 7.95. The van der Waals surface area contributed by atoms with E-state index in [1.165, 1.54) is 5.56 Å². The molecule has 0 aliphatic heterocycles. The fourth-order valence-corrected chi connectivity index (χ4v) is 1.50. The van der Waals surface area contributed by atoms with E-state index in [2.05, 4.69) is 26.1 Å². The second kappa shape index (κ2) is 5.82. The highest BCUT2D eigenvalue weighted by molar-refractivity contribution is 5.94. The Labute approximate surface area is 103 Å². The van der Waals surface area contributed by atoms with Crippen molar-refractivity contribution in [2.24, 2.45) is 0 Å². The Bertz CT molecular complexity index is 363. The first-order valence-corrected chi connectivity index (χ1v) is 5.95. The molecule has 0 radical (unpaired) electrons. The quantitative estimate of drug-likeness (QED) is 0.785. The molecule has 0 saturated carbocycles. The first kappa shape index (κ1) is 13.7. The number of benzene rings is 1. The average molecular weight is 235 g/mol. The minimum atomic E-state index is -0.0843. The molecule has 0 unspecified atom stereocenters. The molecule has 1 aromatic carbocycles. The van der Waals surface area contributed by atoms with Crippen LogP contribution in [0, 0.1) is 0 Å². The van der Waals surface area contributed by atoms with Crippen molar-refractivity contribution in [3.8, 4) is 0 Å². The van der Waals surface area contributed by atoms with Gasteiger partial charge in [0.1, 0.15) is 0 Å². The Morgan fingerprint density at radius 3 is 2.29 bits per heavy atom. The Balaban J connectivity index is 2.64. The summed E-state index contributed by atoms with van der Waals surface area (Å²) in [5, 5.41) is 11.4. The van der Waals surface area contributed by atoms with Gasteiger partial charge in [0.2, 0.25) is 0 Å². The van der Waals surface area contributed by atoms with E-state index in [0.717, 1.165) is 0 Å². The molecular formula is C14H21NO2. The summed E-state index contributed by atoms with van der Waals surface area (Å²) >= 11 is 0. The highest BCUT2D eigenvalue weighted by Crippen LogP contribution is 2.22. The van der Waals surface area contributed by atoms with Crippen LogP contribution < -0.4 is 5.32 Å². The summed E-state index contributed by atoms with van der Waals surface area (Å²) in [5.74, 6) is -0.0843. The Morgan fingerprint density at radius 1 is 1.24 bits per heavy atom. The zero-order valence-corrected chi connectivity index (χ0v) is 10.8. The number of aliphatic hydroxyl groups is 1. The summed E-state index contributed by atoms with van der Waals surface area (Å²) in [6, 6.07) is 7.66. The predicted octanol–water partition coefficient (Wildman–Crippen LogP) is 2.10. The molecule has 1 rings (SSSR count). The highest BCUT2D eigenvalue weighted by atomic mass is 16.3. The number of amides is 1. The molecule has 0 heterocycles. The Kier molecular flexibility index (Phi) is 4.70. The van der Waals surface area contributed by atoms with Gasteiger partial charge in [0, 0.05) is 18.7 Å². The molecular weight excluding hydrogens is 214 g/mol. The van der Waals surface area contributed by atoms with E-state index >= 15 is 0 Å². The molecule has 0 aliphatic carbocycles. The van der Waals surface area contributed by atoms with E-state index in [1.807, 2.05) is 24.3 Å². The van der Waals surface area contributed by atoms with Crippen LogP contribution in [-0.2, 0) is 5.41 Å². The Hall–Kier alpha value is -1.35. The van der Waals surface area contributed by atoms with Crippen LogP contribution in [-0.4, -0.2) is 24.2 Å². The predicted molar refractivity (Wildman–Crippen MR) is 69.2 cm³/mol. The monoisotopic (exact) mass is 235 g/mol. The van der Waals surface area contributed by atoms with Gasteiger partial charge in [0.15, 0.2) is 0 Å². The second-order valence-electron chi connectivity index (χ2n) is 5.16. The maximum absolute atomic E-state index is 11.7. The molecule has 0 fully saturated rings. The summed E-state index contributed by atoms with van der Waals surface area (Å²) in [6.45, 7) is 7.04. The van der Waals surface area contributed by atoms with Gasteiger partial charge in [-0.3, -0.25) is 4.79 Å². The number of rotatable bonds is 4. The van der Waals surface area contributed by atoms with Crippen LogP contribution in [0.3, 0.4) is 0 Å². The van der Waals surface area contributed by atoms with Gasteiger partial charge in [-0.15, -0.1) is 0 Å². The minimum Gasteiger partial charge on any atom is -0.396 e. The number of nitrogens with one attached hydrogen (secondary N) is 1. The number of hydrogen-bond donors (Lipinski definition) is 2. The molecule has 0 saturated heterocycles. The topological polar surface area (TPSA) is 49.3 Å². The maximum atomic E-state index is 11.7. The number of aliphatic hydroxyl groups excluding tert-OH is 1. The SMILES string of the molecule is CC(C)(C)c1ccc(C(=O)NCCCO)cc1. The lowest BCUT2D eigenvalue weighted by Crippen LogP contribution is -2.25. The number of carbonyl (C=O) groups is 1. The lowest BCUT2D eigenvalue weighted by molar-refractivity contribution is 0.0951. The summed E-state index contributed by atoms with van der Waals surface area (Å²) in [5.41, 5.74) is 1.98. The molecule has 3 heteroatoms. The minimum absolute atomic E-state index is 0.0843. The van der Waals surface area contributed by atoms with Gasteiger partial charge >= 0.3 is 0 Å². The molecule has 17 heavy (non-hydrogen) atoms. The molecule has 0 bridgehead atoms. The van der Waals surface area contributed by atoms with Crippen molar-refractivity contribution in [3.05, 3.63) is 35.4 Å². The molecule has 0 aromatic heterocycles. The summed E-state index contributed by atoms with van der Waals surface area (Å²) < 4.78 is 0. The largest absolute Gasteiger partial charge is 0.396 e. The van der Waals surface area contributed by atoms with Crippen LogP contribution >= 0.6 is 0 Å². The summed E-state index contributed by atoms with van der Waals surface area (Å²) in [6.07, 6.45) is 0.589. The third-order valence-electron chi connectivity index (χ3n) is 2.63. The highest BCUT2D eigenvalue weighted by Gasteiger charge is 2.13. The van der Waals surface area contributed by atoms with Gasteiger partial charge in [0.05, 0.1) is 0 Å². The van der Waals surface area contributed by atoms with Crippen LogP contribution in [0.4, 0.5) is 0 Å². The van der Waals surface area contributed by atoms with E-state index in [-0.39, 0.29) is 17.9 Å². The standard InChI is InChI=1S/C14H21NO2/c1-14(2,3)12-7-5-11(6-8-12)13(17)15-9-4-10-16/h5-8,16H,4,9-10H2,1-3H3,(H,15,17). The van der Waals surface area contributed by atoms with Crippen LogP contribution in [0.1, 0.15) is 43.1 Å². The van der Waals surface area contributed by atoms with E-state index in [4.69, 9.17) is 5.11 Å². The van der Waals surface area contributed by atoms with Crippen LogP contribution in [0.25, 0.3) is 0 Å². The van der Waals surface area contributed by atoms with Gasteiger partial charge in [-0.05, 0) is 29.5 Å². The van der Waals surface area contributed by atoms with Crippen molar-refractivity contribution in [3.63, 3.8) is 0 Å². The summed E-state index contributed by atoms with van der Waals surface area (Å²) in [7, 11) is 0. The molecule has 0 aliphatic rings. The van der Waals surface area contributed by atoms with E-state index in [1.54, 1.807) is 0 Å². The average Bonchev–Trinajstić information content (AvgIpc) is 2.28. The van der Waals surface area contributed by atoms with E-state index in [0.29, 0.717) is 18.5 Å². The summed E-state index contributed by atoms with van der Waals surface area (Å²) in [4.78, 5) is 11.7. The van der Waals surface area contributed by atoms with Crippen molar-refractivity contribution in [1.82, 2.24) is 5.32 Å². The van der Waals surface area contributed by atoms with Gasteiger partial charge < -0.3 is 10.4 Å². The second-order valence-corrected chi connectivity index (χ2v) is 5.16. The normalized spacial score (nSPS) is 11.3. The molecule has 0 atom stereocenters.